The molecule has 0 aliphatic rings. The maximum Gasteiger partial charge on any atom is 0.146 e. The Hall–Kier alpha value is -2.50. The lowest BCUT2D eigenvalue weighted by molar-refractivity contribution is 0.785. The van der Waals surface area contributed by atoms with E-state index in [-0.39, 0.29) is 0 Å². The molecule has 2 heterocycles. The molecule has 0 fully saturated rings. The number of aromatic nitrogens is 4. The smallest absolute Gasteiger partial charge is 0.146 e. The summed E-state index contributed by atoms with van der Waals surface area (Å²) in [7, 11) is 0. The first-order valence-electron chi connectivity index (χ1n) is 8.24. The van der Waals surface area contributed by atoms with Gasteiger partial charge in [0.05, 0.1) is 17.1 Å². The maximum absolute atomic E-state index is 6.10. The van der Waals surface area contributed by atoms with Crippen molar-refractivity contribution in [3.8, 4) is 27.6 Å². The average Bonchev–Trinajstić information content (AvgIpc) is 3.21. The van der Waals surface area contributed by atoms with Gasteiger partial charge in [0.25, 0.3) is 0 Å². The van der Waals surface area contributed by atoms with E-state index >= 15 is 0 Å². The largest absolute Gasteiger partial charge is 0.234 e. The molecule has 0 N–H and O–H groups in total. The summed E-state index contributed by atoms with van der Waals surface area (Å²) in [6, 6.07) is 14.0. The number of hydrogen-bond donors (Lipinski definition) is 0. The quantitative estimate of drug-likeness (QED) is 0.462. The van der Waals surface area contributed by atoms with Gasteiger partial charge in [0.2, 0.25) is 0 Å². The fourth-order valence-corrected chi connectivity index (χ4v) is 4.03. The van der Waals surface area contributed by atoms with Crippen molar-refractivity contribution in [2.45, 2.75) is 20.8 Å². The molecule has 130 valence electrons. The Morgan fingerprint density at radius 2 is 1.88 bits per heavy atom. The third kappa shape index (κ3) is 3.04. The number of benzene rings is 2. The number of halogens is 1. The van der Waals surface area contributed by atoms with Gasteiger partial charge in [-0.15, -0.1) is 16.4 Å². The van der Waals surface area contributed by atoms with Crippen LogP contribution >= 0.6 is 22.9 Å². The van der Waals surface area contributed by atoms with Gasteiger partial charge < -0.3 is 0 Å². The molecule has 4 rings (SSSR count). The molecule has 0 atom stereocenters. The highest BCUT2D eigenvalue weighted by Gasteiger charge is 2.16. The van der Waals surface area contributed by atoms with Crippen LogP contribution in [0.3, 0.4) is 0 Å². The first-order chi connectivity index (χ1) is 12.5. The number of thiazole rings is 1. The Balaban J connectivity index is 1.73. The number of nitrogens with zero attached hydrogens (tertiary/aromatic N) is 4. The third-order valence-corrected chi connectivity index (χ3v) is 5.40. The molecule has 4 nitrogen and oxygen atoms in total. The summed E-state index contributed by atoms with van der Waals surface area (Å²) in [5.41, 5.74) is 7.22. The number of hydrogen-bond acceptors (Lipinski definition) is 4. The summed E-state index contributed by atoms with van der Waals surface area (Å²) in [4.78, 5) is 4.80. The van der Waals surface area contributed by atoms with Crippen LogP contribution < -0.4 is 0 Å². The standard InChI is InChI=1S/C20H17ClN4S/c1-12-7-8-17(13(2)9-12)18-11-26-20(22-18)19-14(3)25(24-23-19)16-6-4-5-15(21)10-16/h4-11H,1-3H3. The molecule has 0 saturated carbocycles. The van der Waals surface area contributed by atoms with Crippen molar-refractivity contribution in [2.75, 3.05) is 0 Å². The van der Waals surface area contributed by atoms with E-state index in [9.17, 15) is 0 Å². The Bertz CT molecular complexity index is 1100. The van der Waals surface area contributed by atoms with Crippen molar-refractivity contribution >= 4 is 22.9 Å². The van der Waals surface area contributed by atoms with E-state index < -0.39 is 0 Å². The lowest BCUT2D eigenvalue weighted by atomic mass is 10.0. The molecule has 2 aromatic heterocycles. The molecule has 26 heavy (non-hydrogen) atoms. The van der Waals surface area contributed by atoms with Crippen LogP contribution in [0, 0.1) is 20.8 Å². The van der Waals surface area contributed by atoms with E-state index in [4.69, 9.17) is 16.6 Å². The monoisotopic (exact) mass is 380 g/mol. The number of aryl methyl sites for hydroxylation is 2. The lowest BCUT2D eigenvalue weighted by Gasteiger charge is -2.04. The summed E-state index contributed by atoms with van der Waals surface area (Å²) in [6.07, 6.45) is 0. The molecule has 0 amide bonds. The van der Waals surface area contributed by atoms with Crippen LogP contribution in [0.15, 0.2) is 47.8 Å². The SMILES string of the molecule is Cc1ccc(-c2csc(-c3nnn(-c4cccc(Cl)c4)c3C)n2)c(C)c1. The predicted octanol–water partition coefficient (Wildman–Crippen LogP) is 5.64. The molecular formula is C20H17ClN4S. The highest BCUT2D eigenvalue weighted by molar-refractivity contribution is 7.13. The van der Waals surface area contributed by atoms with Crippen LogP contribution in [0.1, 0.15) is 16.8 Å². The minimum Gasteiger partial charge on any atom is -0.234 e. The van der Waals surface area contributed by atoms with Gasteiger partial charge in [0, 0.05) is 16.0 Å². The molecule has 0 aliphatic heterocycles. The second-order valence-electron chi connectivity index (χ2n) is 6.27. The first kappa shape index (κ1) is 16.9. The zero-order valence-corrected chi connectivity index (χ0v) is 16.3. The van der Waals surface area contributed by atoms with Crippen molar-refractivity contribution in [3.63, 3.8) is 0 Å². The second kappa shape index (κ2) is 6.67. The Kier molecular flexibility index (Phi) is 4.34. The molecule has 0 radical (unpaired) electrons. The van der Waals surface area contributed by atoms with Crippen LogP contribution in [0.2, 0.25) is 5.02 Å². The van der Waals surface area contributed by atoms with Crippen LogP contribution in [-0.4, -0.2) is 20.0 Å². The van der Waals surface area contributed by atoms with Gasteiger partial charge in [-0.3, -0.25) is 0 Å². The van der Waals surface area contributed by atoms with E-state index in [1.54, 1.807) is 16.0 Å². The zero-order valence-electron chi connectivity index (χ0n) is 14.7. The summed E-state index contributed by atoms with van der Waals surface area (Å²) in [6.45, 7) is 6.21. The van der Waals surface area contributed by atoms with E-state index in [0.29, 0.717) is 5.02 Å². The summed E-state index contributed by atoms with van der Waals surface area (Å²) in [5.74, 6) is 0. The van der Waals surface area contributed by atoms with Crippen LogP contribution in [0.4, 0.5) is 0 Å². The highest BCUT2D eigenvalue weighted by Crippen LogP contribution is 2.31. The van der Waals surface area contributed by atoms with Crippen molar-refractivity contribution < 1.29 is 0 Å². The van der Waals surface area contributed by atoms with Gasteiger partial charge in [-0.25, -0.2) is 9.67 Å². The van der Waals surface area contributed by atoms with Crippen molar-refractivity contribution in [3.05, 3.63) is 69.7 Å². The normalized spacial score (nSPS) is 11.1. The van der Waals surface area contributed by atoms with Gasteiger partial charge in [-0.1, -0.05) is 46.6 Å². The molecule has 0 aliphatic carbocycles. The lowest BCUT2D eigenvalue weighted by Crippen LogP contribution is -1.98. The first-order valence-corrected chi connectivity index (χ1v) is 9.50. The van der Waals surface area contributed by atoms with Gasteiger partial charge in [-0.2, -0.15) is 0 Å². The average molecular weight is 381 g/mol. The highest BCUT2D eigenvalue weighted by atomic mass is 35.5. The van der Waals surface area contributed by atoms with E-state index in [1.807, 2.05) is 31.2 Å². The van der Waals surface area contributed by atoms with E-state index in [2.05, 4.69) is 47.7 Å². The maximum atomic E-state index is 6.10. The minimum atomic E-state index is 0.672. The van der Waals surface area contributed by atoms with Gasteiger partial charge in [0.1, 0.15) is 10.7 Å². The third-order valence-electron chi connectivity index (χ3n) is 4.31. The summed E-state index contributed by atoms with van der Waals surface area (Å²) in [5, 5.41) is 12.3. The molecule has 4 aromatic rings. The van der Waals surface area contributed by atoms with Crippen LogP contribution in [0.25, 0.3) is 27.6 Å². The van der Waals surface area contributed by atoms with Crippen molar-refractivity contribution in [1.29, 1.82) is 0 Å². The number of rotatable bonds is 3. The van der Waals surface area contributed by atoms with E-state index in [0.717, 1.165) is 33.3 Å². The van der Waals surface area contributed by atoms with Gasteiger partial charge in [-0.05, 0) is 44.5 Å². The Morgan fingerprint density at radius 3 is 2.65 bits per heavy atom. The predicted molar refractivity (Wildman–Crippen MR) is 107 cm³/mol. The fraction of sp³-hybridized carbons (Fsp3) is 0.150. The molecule has 0 unspecified atom stereocenters. The zero-order chi connectivity index (χ0) is 18.3. The Morgan fingerprint density at radius 1 is 1.04 bits per heavy atom. The molecule has 0 spiro atoms. The molecule has 0 bridgehead atoms. The van der Waals surface area contributed by atoms with Crippen molar-refractivity contribution in [2.24, 2.45) is 0 Å². The van der Waals surface area contributed by atoms with Gasteiger partial charge in [0.15, 0.2) is 0 Å². The molecule has 2 aromatic carbocycles. The molecule has 0 saturated heterocycles. The second-order valence-corrected chi connectivity index (χ2v) is 7.57. The minimum absolute atomic E-state index is 0.672. The summed E-state index contributed by atoms with van der Waals surface area (Å²) < 4.78 is 1.79. The summed E-state index contributed by atoms with van der Waals surface area (Å²) >= 11 is 7.68. The van der Waals surface area contributed by atoms with Gasteiger partial charge >= 0.3 is 0 Å². The fourth-order valence-electron chi connectivity index (χ4n) is 2.99. The topological polar surface area (TPSA) is 43.6 Å². The molecule has 6 heteroatoms. The van der Waals surface area contributed by atoms with Crippen LogP contribution in [0.5, 0.6) is 0 Å². The molecular weight excluding hydrogens is 364 g/mol. The van der Waals surface area contributed by atoms with E-state index in [1.165, 1.54) is 11.1 Å². The van der Waals surface area contributed by atoms with Crippen molar-refractivity contribution in [1.82, 2.24) is 20.0 Å². The van der Waals surface area contributed by atoms with Crippen LogP contribution in [-0.2, 0) is 0 Å². The Labute approximate surface area is 161 Å².